The van der Waals surface area contributed by atoms with Crippen molar-refractivity contribution in [2.24, 2.45) is 0 Å². The summed E-state index contributed by atoms with van der Waals surface area (Å²) in [6.07, 6.45) is 1.85. The Labute approximate surface area is 218 Å². The van der Waals surface area contributed by atoms with Crippen LogP contribution >= 0.6 is 12.2 Å². The lowest BCUT2D eigenvalue weighted by molar-refractivity contribution is 0.310. The average molecular weight is 497 g/mol. The van der Waals surface area contributed by atoms with Crippen molar-refractivity contribution < 1.29 is 4.74 Å². The summed E-state index contributed by atoms with van der Waals surface area (Å²) < 4.78 is 7.73. The monoisotopic (exact) mass is 496 g/mol. The Morgan fingerprint density at radius 2 is 1.75 bits per heavy atom. The fourth-order valence-electron chi connectivity index (χ4n) is 5.28. The Balaban J connectivity index is 1.61. The zero-order valence-corrected chi connectivity index (χ0v) is 22.3. The highest BCUT2D eigenvalue weighted by Crippen LogP contribution is 2.42. The maximum Gasteiger partial charge on any atom is 0.170 e. The normalized spacial score (nSPS) is 17.4. The standard InChI is InChI=1S/C30H32N4OS/c1-19-9-8-11-27(21(19)3)34-20(2)17-25(22(34)4)29-28(26-10-6-7-16-31-26)32-30(36)33(29)18-23-12-14-24(35-5)15-13-23/h6-17,28-29H,18H2,1-5H3,(H,32,36)/t28-,29-/m0/s1. The van der Waals surface area contributed by atoms with Crippen LogP contribution in [0.2, 0.25) is 0 Å². The number of benzene rings is 2. The van der Waals surface area contributed by atoms with Gasteiger partial charge < -0.3 is 19.5 Å². The molecule has 1 fully saturated rings. The van der Waals surface area contributed by atoms with Gasteiger partial charge in [-0.05, 0) is 98.6 Å². The highest BCUT2D eigenvalue weighted by atomic mass is 32.1. The summed E-state index contributed by atoms with van der Waals surface area (Å²) in [6.45, 7) is 9.45. The number of pyridine rings is 1. The van der Waals surface area contributed by atoms with Crippen LogP contribution in [0.1, 0.15) is 51.4 Å². The third kappa shape index (κ3) is 4.26. The Morgan fingerprint density at radius 1 is 0.972 bits per heavy atom. The summed E-state index contributed by atoms with van der Waals surface area (Å²) in [5.74, 6) is 0.848. The van der Waals surface area contributed by atoms with E-state index in [-0.39, 0.29) is 12.1 Å². The lowest BCUT2D eigenvalue weighted by Crippen LogP contribution is -2.29. The molecule has 3 heterocycles. The van der Waals surface area contributed by atoms with Gasteiger partial charge in [-0.2, -0.15) is 0 Å². The quantitative estimate of drug-likeness (QED) is 0.318. The van der Waals surface area contributed by atoms with Crippen LogP contribution in [-0.4, -0.2) is 26.7 Å². The van der Waals surface area contributed by atoms with E-state index >= 15 is 0 Å². The van der Waals surface area contributed by atoms with Crippen molar-refractivity contribution in [3.05, 3.63) is 112 Å². The molecule has 2 aromatic heterocycles. The first kappa shape index (κ1) is 24.1. The van der Waals surface area contributed by atoms with Gasteiger partial charge in [0.05, 0.1) is 24.9 Å². The van der Waals surface area contributed by atoms with Gasteiger partial charge in [-0.3, -0.25) is 4.98 Å². The molecule has 5 rings (SSSR count). The largest absolute Gasteiger partial charge is 0.497 e. The summed E-state index contributed by atoms with van der Waals surface area (Å²) in [7, 11) is 1.69. The molecule has 1 aliphatic heterocycles. The lowest BCUT2D eigenvalue weighted by atomic mass is 9.96. The van der Waals surface area contributed by atoms with Crippen molar-refractivity contribution in [3.8, 4) is 11.4 Å². The van der Waals surface area contributed by atoms with Crippen molar-refractivity contribution >= 4 is 17.3 Å². The molecule has 0 unspecified atom stereocenters. The van der Waals surface area contributed by atoms with E-state index in [2.05, 4.69) is 84.9 Å². The molecule has 2 aromatic carbocycles. The van der Waals surface area contributed by atoms with Crippen LogP contribution < -0.4 is 10.1 Å². The van der Waals surface area contributed by atoms with Crippen LogP contribution in [0.25, 0.3) is 5.69 Å². The van der Waals surface area contributed by atoms with E-state index in [1.165, 1.54) is 39.3 Å². The summed E-state index contributed by atoms with van der Waals surface area (Å²) in [6, 6.07) is 23.0. The first-order valence-corrected chi connectivity index (χ1v) is 12.7. The van der Waals surface area contributed by atoms with E-state index in [0.717, 1.165) is 16.6 Å². The van der Waals surface area contributed by atoms with Crippen molar-refractivity contribution in [3.63, 3.8) is 0 Å². The van der Waals surface area contributed by atoms with Gasteiger partial charge in [0.25, 0.3) is 0 Å². The minimum atomic E-state index is -0.0514. The van der Waals surface area contributed by atoms with Crippen LogP contribution in [0, 0.1) is 27.7 Å². The van der Waals surface area contributed by atoms with Crippen LogP contribution in [0.4, 0.5) is 0 Å². The van der Waals surface area contributed by atoms with Crippen molar-refractivity contribution in [2.45, 2.75) is 46.3 Å². The zero-order chi connectivity index (χ0) is 25.4. The summed E-state index contributed by atoms with van der Waals surface area (Å²) in [4.78, 5) is 7.00. The van der Waals surface area contributed by atoms with E-state index in [9.17, 15) is 0 Å². The minimum Gasteiger partial charge on any atom is -0.497 e. The number of ether oxygens (including phenoxy) is 1. The first-order chi connectivity index (χ1) is 17.4. The number of rotatable bonds is 6. The number of hydrogen-bond acceptors (Lipinski definition) is 3. The van der Waals surface area contributed by atoms with Crippen molar-refractivity contribution in [2.75, 3.05) is 7.11 Å². The van der Waals surface area contributed by atoms with Gasteiger partial charge in [-0.15, -0.1) is 0 Å². The lowest BCUT2D eigenvalue weighted by Gasteiger charge is -2.28. The molecule has 0 amide bonds. The van der Waals surface area contributed by atoms with Crippen LogP contribution in [0.15, 0.2) is 72.9 Å². The molecular weight excluding hydrogens is 464 g/mol. The average Bonchev–Trinajstić information content (AvgIpc) is 3.36. The highest BCUT2D eigenvalue weighted by Gasteiger charge is 2.41. The van der Waals surface area contributed by atoms with E-state index in [4.69, 9.17) is 21.9 Å². The van der Waals surface area contributed by atoms with Crippen LogP contribution in [0.5, 0.6) is 5.75 Å². The number of aryl methyl sites for hydroxylation is 2. The molecule has 6 heteroatoms. The molecule has 0 saturated carbocycles. The number of nitrogens with one attached hydrogen (secondary N) is 1. The predicted molar refractivity (Wildman–Crippen MR) is 149 cm³/mol. The Morgan fingerprint density at radius 3 is 2.44 bits per heavy atom. The topological polar surface area (TPSA) is 42.3 Å². The first-order valence-electron chi connectivity index (χ1n) is 12.3. The van der Waals surface area contributed by atoms with Gasteiger partial charge in [-0.1, -0.05) is 30.3 Å². The molecule has 2 atom stereocenters. The highest BCUT2D eigenvalue weighted by molar-refractivity contribution is 7.80. The molecule has 1 aliphatic rings. The second-order valence-electron chi connectivity index (χ2n) is 9.48. The predicted octanol–water partition coefficient (Wildman–Crippen LogP) is 6.29. The van der Waals surface area contributed by atoms with E-state index in [0.29, 0.717) is 6.54 Å². The molecule has 4 aromatic rings. The van der Waals surface area contributed by atoms with Gasteiger partial charge >= 0.3 is 0 Å². The molecule has 1 saturated heterocycles. The SMILES string of the molecule is COc1ccc(CN2C(=S)N[C@@H](c3ccccn3)[C@@H]2c2cc(C)n(-c3cccc(C)c3C)c2C)cc1. The van der Waals surface area contributed by atoms with E-state index in [1.54, 1.807) is 7.11 Å². The molecule has 36 heavy (non-hydrogen) atoms. The van der Waals surface area contributed by atoms with Crippen molar-refractivity contribution in [1.82, 2.24) is 19.8 Å². The number of nitrogens with zero attached hydrogens (tertiary/aromatic N) is 3. The zero-order valence-electron chi connectivity index (χ0n) is 21.4. The van der Waals surface area contributed by atoms with Crippen LogP contribution in [-0.2, 0) is 6.54 Å². The molecule has 5 nitrogen and oxygen atoms in total. The summed E-state index contributed by atoms with van der Waals surface area (Å²) in [5.41, 5.74) is 9.65. The fourth-order valence-corrected chi connectivity index (χ4v) is 5.58. The third-order valence-corrected chi connectivity index (χ3v) is 7.67. The number of methoxy groups -OCH3 is 1. The van der Waals surface area contributed by atoms with Gasteiger partial charge in [0, 0.05) is 29.8 Å². The summed E-state index contributed by atoms with van der Waals surface area (Å²) in [5, 5.41) is 4.33. The Hall–Kier alpha value is -3.64. The molecule has 0 radical (unpaired) electrons. The van der Waals surface area contributed by atoms with Crippen molar-refractivity contribution in [1.29, 1.82) is 0 Å². The maximum absolute atomic E-state index is 5.91. The molecule has 0 spiro atoms. The smallest absolute Gasteiger partial charge is 0.170 e. The van der Waals surface area contributed by atoms with E-state index in [1.807, 2.05) is 30.5 Å². The molecular formula is C30H32N4OS. The fraction of sp³-hybridized carbons (Fsp3) is 0.267. The van der Waals surface area contributed by atoms with E-state index < -0.39 is 0 Å². The second-order valence-corrected chi connectivity index (χ2v) is 9.87. The number of thiocarbonyl (C=S) groups is 1. The maximum atomic E-state index is 5.91. The Kier molecular flexibility index (Phi) is 6.54. The van der Waals surface area contributed by atoms with Gasteiger partial charge in [0.2, 0.25) is 0 Å². The van der Waals surface area contributed by atoms with Gasteiger partial charge in [-0.25, -0.2) is 0 Å². The van der Waals surface area contributed by atoms with Gasteiger partial charge in [0.15, 0.2) is 5.11 Å². The molecule has 184 valence electrons. The molecule has 1 N–H and O–H groups in total. The molecule has 0 bridgehead atoms. The van der Waals surface area contributed by atoms with Gasteiger partial charge in [0.1, 0.15) is 5.75 Å². The minimum absolute atomic E-state index is 0.000401. The summed E-state index contributed by atoms with van der Waals surface area (Å²) >= 11 is 5.91. The second kappa shape index (κ2) is 9.78. The number of aromatic nitrogens is 2. The Bertz CT molecular complexity index is 1390. The molecule has 0 aliphatic carbocycles. The third-order valence-electron chi connectivity index (χ3n) is 7.32. The van der Waals surface area contributed by atoms with Crippen LogP contribution in [0.3, 0.4) is 0 Å². The number of hydrogen-bond donors (Lipinski definition) is 1.